The minimum atomic E-state index is -3.58. The van der Waals surface area contributed by atoms with Crippen LogP contribution in [0, 0.1) is 3.57 Å². The molecule has 3 heterocycles. The second-order valence-corrected chi connectivity index (χ2v) is 13.1. The van der Waals surface area contributed by atoms with Crippen LogP contribution in [0.3, 0.4) is 0 Å². The summed E-state index contributed by atoms with van der Waals surface area (Å²) in [7, 11) is -0.611. The van der Waals surface area contributed by atoms with E-state index in [1.54, 1.807) is 11.0 Å². The lowest BCUT2D eigenvalue weighted by Gasteiger charge is -2.28. The Bertz CT molecular complexity index is 1660. The van der Waals surface area contributed by atoms with E-state index in [0.29, 0.717) is 46.7 Å². The number of halogens is 1. The number of nitrogens with one attached hydrogen (secondary N) is 1. The minimum absolute atomic E-state index is 0.151. The van der Waals surface area contributed by atoms with Crippen LogP contribution in [0.2, 0.25) is 0 Å². The van der Waals surface area contributed by atoms with Gasteiger partial charge in [0, 0.05) is 24.2 Å². The average Bonchev–Trinajstić information content (AvgIpc) is 3.46. The van der Waals surface area contributed by atoms with Crippen molar-refractivity contribution in [1.29, 1.82) is 0 Å². The first-order valence-electron chi connectivity index (χ1n) is 11.7. The highest BCUT2D eigenvalue weighted by atomic mass is 127. The highest BCUT2D eigenvalue weighted by Crippen LogP contribution is 2.34. The summed E-state index contributed by atoms with van der Waals surface area (Å²) >= 11 is 3.59. The molecular weight excluding hydrogens is 639 g/mol. The Morgan fingerprint density at radius 1 is 1.16 bits per heavy atom. The molecule has 5 rings (SSSR count). The number of nitrogens with zero attached hydrogens (tertiary/aromatic N) is 5. The first kappa shape index (κ1) is 26.7. The van der Waals surface area contributed by atoms with Gasteiger partial charge >= 0.3 is 6.03 Å². The van der Waals surface area contributed by atoms with Crippen LogP contribution < -0.4 is 10.2 Å². The summed E-state index contributed by atoms with van der Waals surface area (Å²) in [5.41, 5.74) is 3.22. The van der Waals surface area contributed by atoms with E-state index >= 15 is 0 Å². The maximum Gasteiger partial charge on any atom is 0.327 e. The molecule has 2 aromatic carbocycles. The van der Waals surface area contributed by atoms with E-state index in [2.05, 4.69) is 39.5 Å². The number of rotatable bonds is 8. The van der Waals surface area contributed by atoms with Gasteiger partial charge in [-0.25, -0.2) is 27.5 Å². The highest BCUT2D eigenvalue weighted by Gasteiger charge is 2.32. The van der Waals surface area contributed by atoms with Crippen LogP contribution in [0.25, 0.3) is 16.8 Å². The van der Waals surface area contributed by atoms with E-state index in [4.69, 9.17) is 9.40 Å². The maximum atomic E-state index is 12.9. The number of hydrogen-bond acceptors (Lipinski definition) is 7. The second-order valence-electron chi connectivity index (χ2n) is 8.75. The number of fused-ring (bicyclic) bond motifs is 2. The molecule has 0 saturated carbocycles. The van der Waals surface area contributed by atoms with Crippen molar-refractivity contribution in [3.8, 4) is 0 Å². The largest absolute Gasteiger partial charge is 0.431 e. The van der Waals surface area contributed by atoms with Crippen LogP contribution in [0.5, 0.6) is 0 Å². The molecule has 1 aliphatic rings. The van der Waals surface area contributed by atoms with Gasteiger partial charge in [0.1, 0.15) is 17.0 Å². The molecule has 1 N–H and O–H groups in total. The van der Waals surface area contributed by atoms with Crippen molar-refractivity contribution in [2.75, 3.05) is 19.0 Å². The summed E-state index contributed by atoms with van der Waals surface area (Å²) < 4.78 is 35.1. The Kier molecular flexibility index (Phi) is 7.28. The normalized spacial score (nSPS) is 13.9. The molecule has 0 radical (unpaired) electrons. The number of sulfonamides is 1. The van der Waals surface area contributed by atoms with Gasteiger partial charge in [0.25, 0.3) is 5.22 Å². The van der Waals surface area contributed by atoms with Crippen molar-refractivity contribution >= 4 is 73.0 Å². The van der Waals surface area contributed by atoms with Crippen LogP contribution in [-0.2, 0) is 28.9 Å². The molecule has 198 valence electrons. The summed E-state index contributed by atoms with van der Waals surface area (Å²) in [5.74, 6) is 1.73. The van der Waals surface area contributed by atoms with Gasteiger partial charge < -0.3 is 14.3 Å². The molecule has 0 bridgehead atoms. The lowest BCUT2D eigenvalue weighted by Crippen LogP contribution is -2.43. The van der Waals surface area contributed by atoms with Gasteiger partial charge in [0.2, 0.25) is 10.0 Å². The SMILES string of the molecule is C=C1NC(=O)N(Cc2ccc(I)cc2)c2nc(CSc3nc4cc(S(=O)(=O)N(C)C)ccc4o3)n(CC)c21. The molecule has 0 atom stereocenters. The number of carbonyl (C=O) groups is 1. The van der Waals surface area contributed by atoms with Gasteiger partial charge in [-0.2, -0.15) is 0 Å². The molecule has 4 aromatic rings. The zero-order chi connectivity index (χ0) is 27.2. The smallest absolute Gasteiger partial charge is 0.327 e. The van der Waals surface area contributed by atoms with E-state index in [-0.39, 0.29) is 10.9 Å². The van der Waals surface area contributed by atoms with Crippen LogP contribution in [0.4, 0.5) is 10.6 Å². The summed E-state index contributed by atoms with van der Waals surface area (Å²) in [6.07, 6.45) is 0. The number of benzene rings is 2. The van der Waals surface area contributed by atoms with Crippen molar-refractivity contribution in [2.45, 2.75) is 35.9 Å². The Morgan fingerprint density at radius 2 is 1.89 bits per heavy atom. The number of amides is 2. The highest BCUT2D eigenvalue weighted by molar-refractivity contribution is 14.1. The summed E-state index contributed by atoms with van der Waals surface area (Å²) in [6, 6.07) is 12.3. The average molecular weight is 665 g/mol. The van der Waals surface area contributed by atoms with Gasteiger partial charge in [-0.05, 0) is 65.4 Å². The van der Waals surface area contributed by atoms with Crippen LogP contribution in [0.1, 0.15) is 24.0 Å². The number of thioether (sulfide) groups is 1. The van der Waals surface area contributed by atoms with Crippen molar-refractivity contribution in [1.82, 2.24) is 24.2 Å². The molecule has 0 saturated heterocycles. The summed E-state index contributed by atoms with van der Waals surface area (Å²) in [5, 5.41) is 3.26. The zero-order valence-electron chi connectivity index (χ0n) is 20.9. The van der Waals surface area contributed by atoms with E-state index in [0.717, 1.165) is 25.0 Å². The van der Waals surface area contributed by atoms with Crippen molar-refractivity contribution in [3.63, 3.8) is 0 Å². The van der Waals surface area contributed by atoms with Crippen molar-refractivity contribution in [3.05, 3.63) is 69.7 Å². The standard InChI is InChI=1S/C25H25IN6O4S2/c1-5-31-21(14-37-25-28-19-12-18(10-11-20(19)36-25)38(34,35)30(3)4)29-23-22(31)15(2)27-24(33)32(23)13-16-6-8-17(26)9-7-16/h6-12H,2,5,13-14H2,1,3-4H3,(H,27,33). The van der Waals surface area contributed by atoms with Gasteiger partial charge in [0.05, 0.1) is 22.9 Å². The molecule has 1 aliphatic heterocycles. The predicted octanol–water partition coefficient (Wildman–Crippen LogP) is 4.89. The van der Waals surface area contributed by atoms with Crippen molar-refractivity contribution < 1.29 is 17.6 Å². The number of imidazole rings is 1. The Labute approximate surface area is 238 Å². The number of anilines is 1. The zero-order valence-corrected chi connectivity index (χ0v) is 24.7. The number of hydrogen-bond donors (Lipinski definition) is 1. The van der Waals surface area contributed by atoms with E-state index in [9.17, 15) is 13.2 Å². The van der Waals surface area contributed by atoms with Crippen LogP contribution >= 0.6 is 34.4 Å². The second kappa shape index (κ2) is 10.4. The first-order valence-corrected chi connectivity index (χ1v) is 15.2. The molecule has 2 amide bonds. The summed E-state index contributed by atoms with van der Waals surface area (Å²) in [6.45, 7) is 7.07. The molecule has 0 spiro atoms. The third kappa shape index (κ3) is 4.95. The van der Waals surface area contributed by atoms with Crippen LogP contribution in [0.15, 0.2) is 63.6 Å². The molecular formula is C25H25IN6O4S2. The first-order chi connectivity index (χ1) is 18.1. The monoisotopic (exact) mass is 664 g/mol. The summed E-state index contributed by atoms with van der Waals surface area (Å²) in [4.78, 5) is 24.0. The van der Waals surface area contributed by atoms with Gasteiger partial charge in [-0.1, -0.05) is 30.5 Å². The Balaban J connectivity index is 1.42. The van der Waals surface area contributed by atoms with Crippen LogP contribution in [-0.4, -0.2) is 47.4 Å². The molecule has 0 aliphatic carbocycles. The molecule has 10 nitrogen and oxygen atoms in total. The quantitative estimate of drug-likeness (QED) is 0.211. The molecule has 0 fully saturated rings. The van der Waals surface area contributed by atoms with Gasteiger partial charge in [-0.15, -0.1) is 0 Å². The van der Waals surface area contributed by atoms with Gasteiger partial charge in [-0.3, -0.25) is 4.90 Å². The third-order valence-electron chi connectivity index (χ3n) is 6.09. The molecule has 38 heavy (non-hydrogen) atoms. The molecule has 13 heteroatoms. The number of urea groups is 1. The number of oxazole rings is 1. The lowest BCUT2D eigenvalue weighted by molar-refractivity contribution is 0.249. The van der Waals surface area contributed by atoms with E-state index < -0.39 is 10.0 Å². The Hall–Kier alpha value is -2.88. The molecule has 2 aromatic heterocycles. The van der Waals surface area contributed by atoms with Gasteiger partial charge in [0.15, 0.2) is 11.4 Å². The fraction of sp³-hybridized carbons (Fsp3) is 0.240. The van der Waals surface area contributed by atoms with Crippen molar-refractivity contribution in [2.24, 2.45) is 0 Å². The lowest BCUT2D eigenvalue weighted by atomic mass is 10.2. The maximum absolute atomic E-state index is 12.9. The van der Waals surface area contributed by atoms with E-state index in [1.807, 2.05) is 35.8 Å². The number of aromatic nitrogens is 3. The minimum Gasteiger partial charge on any atom is -0.431 e. The van der Waals surface area contributed by atoms with E-state index in [1.165, 1.54) is 38.0 Å². The topological polar surface area (TPSA) is 114 Å². The molecule has 0 unspecified atom stereocenters. The fourth-order valence-corrected chi connectivity index (χ4v) is 6.20. The predicted molar refractivity (Wildman–Crippen MR) is 155 cm³/mol. The third-order valence-corrected chi connectivity index (χ3v) is 9.44. The fourth-order valence-electron chi connectivity index (χ4n) is 4.14. The Morgan fingerprint density at radius 3 is 2.58 bits per heavy atom. The number of carbonyl (C=O) groups excluding carboxylic acids is 1.